The molecule has 100 valence electrons. The molecule has 0 radical (unpaired) electrons. The zero-order valence-corrected chi connectivity index (χ0v) is 12.8. The standard InChI is InChI=1S/C16H18BrNO/c1-11-6-5-7-12(2)16(11,17)10-13-8-3-4-9-14(13)15(18)19/h3-9,11H,10H2,1-2H3,(H2,18,19). The van der Waals surface area contributed by atoms with Crippen LogP contribution in [-0.2, 0) is 6.42 Å². The first-order chi connectivity index (χ1) is 8.95. The molecule has 2 unspecified atom stereocenters. The van der Waals surface area contributed by atoms with E-state index in [-0.39, 0.29) is 10.2 Å². The molecule has 0 aliphatic heterocycles. The number of alkyl halides is 1. The fourth-order valence-electron chi connectivity index (χ4n) is 2.51. The van der Waals surface area contributed by atoms with Gasteiger partial charge in [-0.25, -0.2) is 0 Å². The number of primary amides is 1. The number of rotatable bonds is 3. The van der Waals surface area contributed by atoms with E-state index in [0.29, 0.717) is 11.5 Å². The Hall–Kier alpha value is -1.35. The highest BCUT2D eigenvalue weighted by atomic mass is 79.9. The molecule has 1 aromatic carbocycles. The lowest BCUT2D eigenvalue weighted by molar-refractivity contribution is 0.0999. The fraction of sp³-hybridized carbons (Fsp3) is 0.312. The molecule has 0 aromatic heterocycles. The average Bonchev–Trinajstić information content (AvgIpc) is 2.37. The summed E-state index contributed by atoms with van der Waals surface area (Å²) < 4.78 is -0.146. The van der Waals surface area contributed by atoms with Crippen LogP contribution in [0.2, 0.25) is 0 Å². The zero-order valence-electron chi connectivity index (χ0n) is 11.2. The third-order valence-electron chi connectivity index (χ3n) is 3.85. The minimum absolute atomic E-state index is 0.146. The Morgan fingerprint density at radius 3 is 2.74 bits per heavy atom. The Morgan fingerprint density at radius 2 is 2.11 bits per heavy atom. The summed E-state index contributed by atoms with van der Waals surface area (Å²) in [7, 11) is 0. The van der Waals surface area contributed by atoms with Gasteiger partial charge in [0.05, 0.1) is 4.32 Å². The zero-order chi connectivity index (χ0) is 14.0. The van der Waals surface area contributed by atoms with Gasteiger partial charge in [-0.15, -0.1) is 0 Å². The van der Waals surface area contributed by atoms with Gasteiger partial charge < -0.3 is 5.73 Å². The molecule has 0 heterocycles. The van der Waals surface area contributed by atoms with Crippen LogP contribution in [0.15, 0.2) is 48.1 Å². The van der Waals surface area contributed by atoms with E-state index in [1.54, 1.807) is 6.07 Å². The third kappa shape index (κ3) is 2.66. The number of halogens is 1. The Kier molecular flexibility index (Phi) is 3.95. The van der Waals surface area contributed by atoms with Crippen LogP contribution in [0.25, 0.3) is 0 Å². The van der Waals surface area contributed by atoms with Crippen molar-refractivity contribution in [3.63, 3.8) is 0 Å². The van der Waals surface area contributed by atoms with Crippen molar-refractivity contribution >= 4 is 21.8 Å². The molecule has 2 atom stereocenters. The van der Waals surface area contributed by atoms with Crippen LogP contribution in [0.4, 0.5) is 0 Å². The second kappa shape index (κ2) is 5.33. The fourth-order valence-corrected chi connectivity index (χ4v) is 3.10. The monoisotopic (exact) mass is 319 g/mol. The van der Waals surface area contributed by atoms with Gasteiger partial charge in [0.1, 0.15) is 0 Å². The van der Waals surface area contributed by atoms with Crippen molar-refractivity contribution < 1.29 is 4.79 Å². The van der Waals surface area contributed by atoms with E-state index in [2.05, 4.69) is 48.0 Å². The quantitative estimate of drug-likeness (QED) is 0.850. The maximum Gasteiger partial charge on any atom is 0.248 e. The lowest BCUT2D eigenvalue weighted by Crippen LogP contribution is -2.34. The molecular formula is C16H18BrNO. The highest BCUT2D eigenvalue weighted by molar-refractivity contribution is 9.10. The van der Waals surface area contributed by atoms with Crippen molar-refractivity contribution in [3.8, 4) is 0 Å². The lowest BCUT2D eigenvalue weighted by atomic mass is 9.79. The number of carbonyl (C=O) groups excluding carboxylic acids is 1. The van der Waals surface area contributed by atoms with Crippen molar-refractivity contribution in [1.82, 2.24) is 0 Å². The Bertz CT molecular complexity index is 562. The summed E-state index contributed by atoms with van der Waals surface area (Å²) in [4.78, 5) is 11.5. The summed E-state index contributed by atoms with van der Waals surface area (Å²) in [6.07, 6.45) is 7.12. The topological polar surface area (TPSA) is 43.1 Å². The van der Waals surface area contributed by atoms with Gasteiger partial charge in [-0.3, -0.25) is 4.79 Å². The number of nitrogens with two attached hydrogens (primary N) is 1. The molecular weight excluding hydrogens is 302 g/mol. The van der Waals surface area contributed by atoms with Gasteiger partial charge in [-0.2, -0.15) is 0 Å². The first kappa shape index (κ1) is 14.1. The van der Waals surface area contributed by atoms with E-state index in [4.69, 9.17) is 5.73 Å². The maximum absolute atomic E-state index is 11.5. The molecule has 2 N–H and O–H groups in total. The van der Waals surface area contributed by atoms with Crippen LogP contribution in [0.5, 0.6) is 0 Å². The number of amides is 1. The van der Waals surface area contributed by atoms with Gasteiger partial charge in [-0.1, -0.05) is 64.9 Å². The van der Waals surface area contributed by atoms with Gasteiger partial charge >= 0.3 is 0 Å². The molecule has 1 aliphatic rings. The minimum Gasteiger partial charge on any atom is -0.366 e. The summed E-state index contributed by atoms with van der Waals surface area (Å²) in [6, 6.07) is 7.55. The second-order valence-electron chi connectivity index (χ2n) is 5.08. The van der Waals surface area contributed by atoms with E-state index in [1.165, 1.54) is 5.57 Å². The summed E-state index contributed by atoms with van der Waals surface area (Å²) in [5.74, 6) is -0.00855. The van der Waals surface area contributed by atoms with Crippen LogP contribution < -0.4 is 5.73 Å². The molecule has 0 saturated carbocycles. The van der Waals surface area contributed by atoms with Crippen molar-refractivity contribution in [2.75, 3.05) is 0 Å². The highest BCUT2D eigenvalue weighted by Gasteiger charge is 2.36. The van der Waals surface area contributed by atoms with Gasteiger partial charge in [-0.05, 0) is 30.9 Å². The average molecular weight is 320 g/mol. The number of hydrogen-bond acceptors (Lipinski definition) is 1. The largest absolute Gasteiger partial charge is 0.366 e. The third-order valence-corrected chi connectivity index (χ3v) is 5.48. The predicted octanol–water partition coefficient (Wildman–Crippen LogP) is 3.61. The summed E-state index contributed by atoms with van der Waals surface area (Å²) in [5, 5.41) is 0. The Labute approximate surface area is 122 Å². The molecule has 0 bridgehead atoms. The van der Waals surface area contributed by atoms with Crippen molar-refractivity contribution in [1.29, 1.82) is 0 Å². The van der Waals surface area contributed by atoms with Gasteiger partial charge in [0, 0.05) is 5.56 Å². The lowest BCUT2D eigenvalue weighted by Gasteiger charge is -2.36. The molecule has 0 saturated heterocycles. The van der Waals surface area contributed by atoms with Crippen LogP contribution in [-0.4, -0.2) is 10.2 Å². The smallest absolute Gasteiger partial charge is 0.248 e. The normalized spacial score (nSPS) is 26.1. The highest BCUT2D eigenvalue weighted by Crippen LogP contribution is 2.41. The first-order valence-electron chi connectivity index (χ1n) is 6.37. The number of benzene rings is 1. The summed E-state index contributed by atoms with van der Waals surface area (Å²) >= 11 is 3.88. The van der Waals surface area contributed by atoms with Crippen molar-refractivity contribution in [3.05, 3.63) is 59.2 Å². The van der Waals surface area contributed by atoms with Crippen LogP contribution in [0.1, 0.15) is 29.8 Å². The molecule has 2 rings (SSSR count). The Morgan fingerprint density at radius 1 is 1.42 bits per heavy atom. The molecule has 1 aliphatic carbocycles. The minimum atomic E-state index is -0.368. The van der Waals surface area contributed by atoms with Crippen molar-refractivity contribution in [2.24, 2.45) is 11.7 Å². The molecule has 3 heteroatoms. The van der Waals surface area contributed by atoms with Gasteiger partial charge in [0.2, 0.25) is 5.91 Å². The van der Waals surface area contributed by atoms with E-state index in [9.17, 15) is 4.79 Å². The molecule has 0 fully saturated rings. The second-order valence-corrected chi connectivity index (χ2v) is 6.50. The summed E-state index contributed by atoms with van der Waals surface area (Å²) in [6.45, 7) is 4.29. The number of carbonyl (C=O) groups is 1. The summed E-state index contributed by atoms with van der Waals surface area (Å²) in [5.41, 5.74) is 8.31. The van der Waals surface area contributed by atoms with Crippen LogP contribution >= 0.6 is 15.9 Å². The molecule has 1 aromatic rings. The van der Waals surface area contributed by atoms with Crippen molar-refractivity contribution in [2.45, 2.75) is 24.6 Å². The maximum atomic E-state index is 11.5. The first-order valence-corrected chi connectivity index (χ1v) is 7.16. The number of allylic oxidation sites excluding steroid dienone is 4. The van der Waals surface area contributed by atoms with E-state index in [1.807, 2.05) is 18.2 Å². The molecule has 19 heavy (non-hydrogen) atoms. The van der Waals surface area contributed by atoms with Crippen LogP contribution in [0, 0.1) is 5.92 Å². The molecule has 2 nitrogen and oxygen atoms in total. The number of hydrogen-bond donors (Lipinski definition) is 1. The van der Waals surface area contributed by atoms with E-state index < -0.39 is 0 Å². The van der Waals surface area contributed by atoms with E-state index >= 15 is 0 Å². The van der Waals surface area contributed by atoms with Gasteiger partial charge in [0.25, 0.3) is 0 Å². The predicted molar refractivity (Wildman–Crippen MR) is 82.4 cm³/mol. The SMILES string of the molecule is CC1=CC=CC(C)C1(Br)Cc1ccccc1C(N)=O. The van der Waals surface area contributed by atoms with Gasteiger partial charge in [0.15, 0.2) is 0 Å². The molecule has 0 spiro atoms. The van der Waals surface area contributed by atoms with E-state index in [0.717, 1.165) is 12.0 Å². The Balaban J connectivity index is 2.38. The molecule has 1 amide bonds. The van der Waals surface area contributed by atoms with Crippen LogP contribution in [0.3, 0.4) is 0 Å².